The van der Waals surface area contributed by atoms with E-state index in [-0.39, 0.29) is 93.8 Å². The van der Waals surface area contributed by atoms with Crippen LogP contribution in [0.2, 0.25) is 0 Å². The predicted octanol–water partition coefficient (Wildman–Crippen LogP) is 2.91. The minimum atomic E-state index is -1.10. The zero-order valence-corrected chi connectivity index (χ0v) is 53.8. The van der Waals surface area contributed by atoms with Crippen molar-refractivity contribution in [3.63, 3.8) is 0 Å². The quantitative estimate of drug-likeness (QED) is 0.0379. The van der Waals surface area contributed by atoms with Crippen molar-refractivity contribution in [1.82, 2.24) is 46.6 Å². The smallest absolute Gasteiger partial charge is 0.312 e. The van der Waals surface area contributed by atoms with E-state index < -0.39 is 90.3 Å². The summed E-state index contributed by atoms with van der Waals surface area (Å²) in [6.07, 6.45) is 1.55. The van der Waals surface area contributed by atoms with Crippen LogP contribution >= 0.6 is 0 Å². The summed E-state index contributed by atoms with van der Waals surface area (Å²) in [6.45, 7) is 11.0. The summed E-state index contributed by atoms with van der Waals surface area (Å²) >= 11 is 0. The van der Waals surface area contributed by atoms with Crippen LogP contribution in [0.25, 0.3) is 0 Å². The number of ether oxygens (including phenoxy) is 2. The first-order valence-corrected chi connectivity index (χ1v) is 31.3. The Kier molecular flexibility index (Phi) is 29.6. The molecule has 12 N–H and O–H groups in total. The first-order valence-electron chi connectivity index (χ1n) is 31.3. The Labute approximate surface area is 529 Å². The van der Waals surface area contributed by atoms with Crippen molar-refractivity contribution in [2.24, 2.45) is 35.1 Å². The highest BCUT2D eigenvalue weighted by atomic mass is 16.5. The fraction of sp³-hybridized carbons (Fsp3) is 0.569. The van der Waals surface area contributed by atoms with E-state index in [0.717, 1.165) is 24.1 Å². The third-order valence-corrected chi connectivity index (χ3v) is 17.5. The summed E-state index contributed by atoms with van der Waals surface area (Å²) in [5.74, 6) is -4.19. The number of nitrogens with zero attached hydrogens (tertiary/aromatic N) is 3. The molecule has 2 fully saturated rings. The summed E-state index contributed by atoms with van der Waals surface area (Å²) in [6, 6.07) is 18.6. The number of urea groups is 1. The maximum absolute atomic E-state index is 14.5. The third kappa shape index (κ3) is 21.9. The number of primary amides is 1. The molecule has 2 saturated heterocycles. The Bertz CT molecular complexity index is 2870. The zero-order valence-electron chi connectivity index (χ0n) is 53.8. The molecule has 3 aromatic rings. The lowest BCUT2D eigenvalue weighted by molar-refractivity contribution is -0.146. The van der Waals surface area contributed by atoms with Gasteiger partial charge in [-0.25, -0.2) is 4.79 Å². The zero-order chi connectivity index (χ0) is 66.0. The van der Waals surface area contributed by atoms with Crippen LogP contribution in [0.3, 0.4) is 0 Å². The van der Waals surface area contributed by atoms with Crippen molar-refractivity contribution in [3.8, 4) is 0 Å². The van der Waals surface area contributed by atoms with Crippen molar-refractivity contribution in [1.29, 1.82) is 0 Å². The number of hydrogen-bond acceptors (Lipinski definition) is 14. The van der Waals surface area contributed by atoms with Crippen molar-refractivity contribution < 1.29 is 57.4 Å². The fourth-order valence-electron chi connectivity index (χ4n) is 12.1. The molecule has 25 nitrogen and oxygen atoms in total. The number of likely N-dealkylation sites (N-methyl/N-ethyl adjacent to an activating group) is 2. The Morgan fingerprint density at radius 1 is 0.722 bits per heavy atom. The number of carbonyl (C=O) groups excluding carboxylic acids is 10. The van der Waals surface area contributed by atoms with Gasteiger partial charge in [0.2, 0.25) is 53.2 Å². The topological polar surface area (TPSA) is 347 Å². The number of amides is 11. The molecule has 0 saturated carbocycles. The van der Waals surface area contributed by atoms with Crippen LogP contribution in [-0.2, 0) is 72.1 Å². The lowest BCUT2D eigenvalue weighted by atomic mass is 9.90. The minimum Gasteiger partial charge on any atom is -0.379 e. The molecule has 5 rings (SSSR count). The van der Waals surface area contributed by atoms with Crippen LogP contribution < -0.4 is 54.0 Å². The molecule has 2 aliphatic heterocycles. The fourth-order valence-corrected chi connectivity index (χ4v) is 12.1. The highest BCUT2D eigenvalue weighted by Crippen LogP contribution is 2.32. The van der Waals surface area contributed by atoms with E-state index in [9.17, 15) is 47.9 Å². The van der Waals surface area contributed by atoms with E-state index in [1.54, 1.807) is 72.3 Å². The molecular formula is C65H97N13O12. The predicted molar refractivity (Wildman–Crippen MR) is 341 cm³/mol. The Hall–Kier alpha value is -8.00. The molecule has 0 spiro atoms. The van der Waals surface area contributed by atoms with Crippen LogP contribution in [0.1, 0.15) is 109 Å². The van der Waals surface area contributed by atoms with E-state index in [4.69, 9.17) is 20.9 Å². The molecule has 2 heterocycles. The lowest BCUT2D eigenvalue weighted by Crippen LogP contribution is -2.55. The van der Waals surface area contributed by atoms with Crippen molar-refractivity contribution in [2.75, 3.05) is 71.7 Å². The van der Waals surface area contributed by atoms with E-state index in [2.05, 4.69) is 56.4 Å². The summed E-state index contributed by atoms with van der Waals surface area (Å²) in [4.78, 5) is 139. The molecule has 11 atom stereocenters. The Balaban J connectivity index is 1.17. The average Bonchev–Trinajstić information content (AvgIpc) is 2.34. The molecule has 11 amide bonds. The lowest BCUT2D eigenvalue weighted by Gasteiger charge is -2.39. The molecule has 0 aromatic heterocycles. The van der Waals surface area contributed by atoms with Gasteiger partial charge in [-0.05, 0) is 91.4 Å². The summed E-state index contributed by atoms with van der Waals surface area (Å²) < 4.78 is 12.1. The normalized spacial score (nSPS) is 18.7. The maximum Gasteiger partial charge on any atom is 0.312 e. The van der Waals surface area contributed by atoms with Crippen LogP contribution in [0.4, 0.5) is 16.2 Å². The van der Waals surface area contributed by atoms with Gasteiger partial charge in [0.25, 0.3) is 0 Å². The number of rotatable bonds is 35. The Morgan fingerprint density at radius 3 is 1.99 bits per heavy atom. The van der Waals surface area contributed by atoms with Gasteiger partial charge in [0.05, 0.1) is 55.8 Å². The molecular weight excluding hydrogens is 1150 g/mol. The third-order valence-electron chi connectivity index (χ3n) is 17.5. The van der Waals surface area contributed by atoms with Crippen LogP contribution in [0.5, 0.6) is 0 Å². The summed E-state index contributed by atoms with van der Waals surface area (Å²) in [7, 11) is 6.64. The molecule has 3 aromatic carbocycles. The number of benzene rings is 3. The van der Waals surface area contributed by atoms with Crippen LogP contribution in [-0.4, -0.2) is 177 Å². The van der Waals surface area contributed by atoms with Gasteiger partial charge < -0.3 is 73.3 Å². The van der Waals surface area contributed by atoms with Crippen molar-refractivity contribution >= 4 is 70.6 Å². The standard InChI is InChI=1S/C65H97N13O12/c1-10-40(3)58(77(7)57(83)38-71-64(87)59-41(4)46(11-2)39-76(59)6)52(89-8)34-56(82)78-32-16-20-51(78)60(90-9)42(5)61(84)75-50(33-43-17-13-12-14-18-43)62(85)70-36-45-23-27-48(28-24-45)73-63(86)49(19-15-31-68-65(67)88)74-55(81)37-69-53(79)29-30-54(80)72-47-25-21-44(35-66)22-26-47/h12-14,17-18,21-28,40-42,46,49-52,58-60H,10-11,15-16,19-20,29-39,66H2,1-9H3,(H,69,79)(H,70,85)(H,71,87)(H,72,80)(H,73,86)(H,74,81)(H,75,84)(H3,67,68,88). The second-order valence-corrected chi connectivity index (χ2v) is 23.7. The molecule has 0 radical (unpaired) electrons. The van der Waals surface area contributed by atoms with Gasteiger partial charge >= 0.3 is 6.03 Å². The maximum atomic E-state index is 14.5. The van der Waals surface area contributed by atoms with Crippen LogP contribution in [0, 0.1) is 23.7 Å². The first kappa shape index (κ1) is 72.7. The number of likely N-dealkylation sites (tertiary alicyclic amines) is 2. The molecule has 2 aliphatic rings. The summed E-state index contributed by atoms with van der Waals surface area (Å²) in [5, 5.41) is 21.8. The molecule has 90 heavy (non-hydrogen) atoms. The van der Waals surface area contributed by atoms with Gasteiger partial charge in [0, 0.05) is 84.6 Å². The van der Waals surface area contributed by atoms with Gasteiger partial charge in [-0.2, -0.15) is 0 Å². The second kappa shape index (κ2) is 36.6. The van der Waals surface area contributed by atoms with E-state index >= 15 is 0 Å². The van der Waals surface area contributed by atoms with Gasteiger partial charge in [-0.15, -0.1) is 0 Å². The number of nitrogens with two attached hydrogens (primary N) is 2. The van der Waals surface area contributed by atoms with E-state index in [0.29, 0.717) is 55.2 Å². The van der Waals surface area contributed by atoms with Gasteiger partial charge in [0.15, 0.2) is 0 Å². The van der Waals surface area contributed by atoms with Gasteiger partial charge in [-0.1, -0.05) is 102 Å². The van der Waals surface area contributed by atoms with E-state index in [1.807, 2.05) is 56.1 Å². The largest absolute Gasteiger partial charge is 0.379 e. The monoisotopic (exact) mass is 1250 g/mol. The molecule has 0 bridgehead atoms. The first-order chi connectivity index (χ1) is 43.0. The van der Waals surface area contributed by atoms with Crippen LogP contribution in [0.15, 0.2) is 78.9 Å². The second-order valence-electron chi connectivity index (χ2n) is 23.7. The number of nitrogens with one attached hydrogen (secondary N) is 8. The number of carbonyl (C=O) groups is 10. The molecule has 494 valence electrons. The number of hydrogen-bond donors (Lipinski definition) is 10. The van der Waals surface area contributed by atoms with Crippen molar-refractivity contribution in [2.45, 2.75) is 154 Å². The number of methoxy groups -OCH3 is 2. The molecule has 25 heteroatoms. The average molecular weight is 1250 g/mol. The van der Waals surface area contributed by atoms with E-state index in [1.165, 1.54) is 14.2 Å². The van der Waals surface area contributed by atoms with Crippen molar-refractivity contribution in [3.05, 3.63) is 95.6 Å². The van der Waals surface area contributed by atoms with Gasteiger partial charge in [0.1, 0.15) is 12.1 Å². The minimum absolute atomic E-state index is 0.0481. The highest BCUT2D eigenvalue weighted by Gasteiger charge is 2.44. The molecule has 11 unspecified atom stereocenters. The Morgan fingerprint density at radius 2 is 1.38 bits per heavy atom. The highest BCUT2D eigenvalue weighted by molar-refractivity contribution is 5.98. The SMILES string of the molecule is CCC(C)C(C(CC(=O)N1CCCC1C(OC)C(C)C(=O)NC(Cc1ccccc1)C(=O)NCc1ccc(NC(=O)C(CCCNC(N)=O)NC(=O)CNC(=O)CCC(=O)Nc2ccc(CN)cc2)cc1)OC)N(C)C(=O)CNC(=O)C1C(C)C(CC)CN1C. The summed E-state index contributed by atoms with van der Waals surface area (Å²) in [5.41, 5.74) is 14.1. The van der Waals surface area contributed by atoms with Gasteiger partial charge in [-0.3, -0.25) is 48.1 Å². The number of anilines is 2. The molecule has 0 aliphatic carbocycles.